The molecule has 1 aromatic rings. The molecule has 0 aliphatic carbocycles. The first-order valence-corrected chi connectivity index (χ1v) is 8.10. The molecule has 0 saturated heterocycles. The zero-order valence-corrected chi connectivity index (χ0v) is 14.6. The normalized spacial score (nSPS) is 17.9. The van der Waals surface area contributed by atoms with Crippen LogP contribution in [-0.4, -0.2) is 55.3 Å². The van der Waals surface area contributed by atoms with Crippen molar-refractivity contribution < 1.29 is 23.6 Å². The van der Waals surface area contributed by atoms with Crippen molar-refractivity contribution in [3.05, 3.63) is 35.4 Å². The second kappa shape index (κ2) is 8.98. The van der Waals surface area contributed by atoms with Gasteiger partial charge in [-0.3, -0.25) is 14.6 Å². The highest BCUT2D eigenvalue weighted by Crippen LogP contribution is 2.18. The number of carbonyl (C=O) groups is 3. The Morgan fingerprint density at radius 1 is 1.46 bits per heavy atom. The van der Waals surface area contributed by atoms with Crippen molar-refractivity contribution in [2.75, 3.05) is 13.7 Å². The summed E-state index contributed by atoms with van der Waals surface area (Å²) in [5.74, 6) is -1.49. The maximum absolute atomic E-state index is 12.5. The number of aliphatic imine (C=N–C) groups is 1. The van der Waals surface area contributed by atoms with Gasteiger partial charge in [-0.15, -0.1) is 0 Å². The van der Waals surface area contributed by atoms with Crippen molar-refractivity contribution >= 4 is 29.4 Å². The third-order valence-electron chi connectivity index (χ3n) is 4.03. The molecule has 2 atom stereocenters. The Morgan fingerprint density at radius 2 is 2.19 bits per heavy atom. The summed E-state index contributed by atoms with van der Waals surface area (Å²) in [7, 11) is 1.62. The fourth-order valence-electron chi connectivity index (χ4n) is 2.63. The number of benzene rings is 1. The van der Waals surface area contributed by atoms with Crippen molar-refractivity contribution in [2.45, 2.75) is 31.9 Å². The van der Waals surface area contributed by atoms with Gasteiger partial charge in [0.25, 0.3) is 5.91 Å². The van der Waals surface area contributed by atoms with E-state index in [1.54, 1.807) is 7.05 Å². The molecule has 0 aromatic heterocycles. The molecule has 26 heavy (non-hydrogen) atoms. The van der Waals surface area contributed by atoms with E-state index in [2.05, 4.69) is 15.5 Å². The SMILES string of the molecule is CN=C(C1=NOC(C(=O)N[C@@H](CC=O)C(=O)CF)C1)c1ccccc1C. The fraction of sp³-hybridized carbons (Fsp3) is 0.389. The van der Waals surface area contributed by atoms with Gasteiger partial charge in [-0.2, -0.15) is 0 Å². The third-order valence-corrected chi connectivity index (χ3v) is 4.03. The van der Waals surface area contributed by atoms with Crippen LogP contribution < -0.4 is 5.32 Å². The molecule has 0 bridgehead atoms. The second-order valence-corrected chi connectivity index (χ2v) is 5.79. The topological polar surface area (TPSA) is 97.2 Å². The monoisotopic (exact) mass is 361 g/mol. The minimum Gasteiger partial charge on any atom is -0.382 e. The molecule has 0 radical (unpaired) electrons. The molecular formula is C18H20FN3O4. The molecule has 7 nitrogen and oxygen atoms in total. The van der Waals surface area contributed by atoms with E-state index in [4.69, 9.17) is 4.84 Å². The highest BCUT2D eigenvalue weighted by atomic mass is 19.1. The summed E-state index contributed by atoms with van der Waals surface area (Å²) in [5.41, 5.74) is 3.00. The summed E-state index contributed by atoms with van der Waals surface area (Å²) in [5, 5.41) is 6.28. The van der Waals surface area contributed by atoms with E-state index < -0.39 is 30.5 Å². The number of nitrogens with zero attached hydrogens (tertiary/aromatic N) is 2. The highest BCUT2D eigenvalue weighted by Gasteiger charge is 2.33. The number of nitrogens with one attached hydrogen (secondary N) is 1. The highest BCUT2D eigenvalue weighted by molar-refractivity contribution is 6.49. The number of oxime groups is 1. The molecule has 0 fully saturated rings. The number of Topliss-reactive ketones (excluding diaryl/α,β-unsaturated/α-hetero) is 1. The lowest BCUT2D eigenvalue weighted by atomic mass is 9.97. The number of hydrogen-bond donors (Lipinski definition) is 1. The molecular weight excluding hydrogens is 341 g/mol. The van der Waals surface area contributed by atoms with Gasteiger partial charge in [0, 0.05) is 25.5 Å². The fourth-order valence-corrected chi connectivity index (χ4v) is 2.63. The standard InChI is InChI=1S/C18H20FN3O4/c1-11-5-3-4-6-12(11)17(20-2)14-9-16(26-22-14)18(25)21-13(7-8-23)15(24)10-19/h3-6,8,13,16H,7,9-10H2,1-2H3,(H,21,25)/t13-,16?/m0/s1. The third kappa shape index (κ3) is 4.38. The van der Waals surface area contributed by atoms with Crippen molar-refractivity contribution in [1.82, 2.24) is 5.32 Å². The van der Waals surface area contributed by atoms with Crippen molar-refractivity contribution in [3.63, 3.8) is 0 Å². The van der Waals surface area contributed by atoms with Gasteiger partial charge in [0.05, 0.1) is 11.8 Å². The maximum Gasteiger partial charge on any atom is 0.264 e. The molecule has 8 heteroatoms. The van der Waals surface area contributed by atoms with Crippen LogP contribution in [0.25, 0.3) is 0 Å². The molecule has 1 aliphatic heterocycles. The van der Waals surface area contributed by atoms with E-state index in [9.17, 15) is 18.8 Å². The Bertz CT molecular complexity index is 761. The van der Waals surface area contributed by atoms with Crippen molar-refractivity contribution in [2.24, 2.45) is 10.1 Å². The number of amides is 1. The Balaban J connectivity index is 2.06. The number of rotatable bonds is 8. The van der Waals surface area contributed by atoms with Crippen LogP contribution in [0.1, 0.15) is 24.0 Å². The average Bonchev–Trinajstić information content (AvgIpc) is 3.13. The summed E-state index contributed by atoms with van der Waals surface area (Å²) < 4.78 is 12.5. The Hall–Kier alpha value is -2.90. The van der Waals surface area contributed by atoms with Gasteiger partial charge < -0.3 is 14.9 Å². The Morgan fingerprint density at radius 3 is 2.81 bits per heavy atom. The van der Waals surface area contributed by atoms with E-state index >= 15 is 0 Å². The van der Waals surface area contributed by atoms with E-state index in [-0.39, 0.29) is 12.8 Å². The predicted molar refractivity (Wildman–Crippen MR) is 94.2 cm³/mol. The van der Waals surface area contributed by atoms with Gasteiger partial charge in [0.2, 0.25) is 6.10 Å². The predicted octanol–water partition coefficient (Wildman–Crippen LogP) is 1.17. The molecule has 1 aliphatic rings. The van der Waals surface area contributed by atoms with Crippen LogP contribution in [0.15, 0.2) is 34.4 Å². The maximum atomic E-state index is 12.5. The van der Waals surface area contributed by atoms with E-state index in [1.165, 1.54) is 0 Å². The Labute approximate surface area is 150 Å². The molecule has 1 amide bonds. The number of aryl methyl sites for hydroxylation is 1. The largest absolute Gasteiger partial charge is 0.382 e. The summed E-state index contributed by atoms with van der Waals surface area (Å²) in [6.07, 6.45) is -0.646. The lowest BCUT2D eigenvalue weighted by Gasteiger charge is -2.16. The van der Waals surface area contributed by atoms with E-state index in [1.807, 2.05) is 31.2 Å². The zero-order chi connectivity index (χ0) is 19.1. The van der Waals surface area contributed by atoms with E-state index in [0.717, 1.165) is 11.1 Å². The molecule has 0 saturated carbocycles. The van der Waals surface area contributed by atoms with Crippen molar-refractivity contribution in [3.8, 4) is 0 Å². The smallest absolute Gasteiger partial charge is 0.264 e. The minimum absolute atomic E-state index is 0.157. The molecule has 1 aromatic carbocycles. The van der Waals surface area contributed by atoms with Crippen molar-refractivity contribution in [1.29, 1.82) is 0 Å². The number of alkyl halides is 1. The minimum atomic E-state index is -1.26. The summed E-state index contributed by atoms with van der Waals surface area (Å²) in [4.78, 5) is 43.8. The number of hydrogen-bond acceptors (Lipinski definition) is 6. The first kappa shape index (κ1) is 19.4. The zero-order valence-electron chi connectivity index (χ0n) is 14.6. The van der Waals surface area contributed by atoms with Gasteiger partial charge in [-0.25, -0.2) is 4.39 Å². The second-order valence-electron chi connectivity index (χ2n) is 5.79. The lowest BCUT2D eigenvalue weighted by molar-refractivity contribution is -0.135. The number of carbonyl (C=O) groups excluding carboxylic acids is 3. The average molecular weight is 361 g/mol. The molecule has 1 heterocycles. The number of aldehydes is 1. The molecule has 0 spiro atoms. The van der Waals surface area contributed by atoms with Gasteiger partial charge in [-0.1, -0.05) is 29.4 Å². The van der Waals surface area contributed by atoms with Crippen LogP contribution in [-0.2, 0) is 19.2 Å². The van der Waals surface area contributed by atoms with E-state index in [0.29, 0.717) is 17.7 Å². The summed E-state index contributed by atoms with van der Waals surface area (Å²) >= 11 is 0. The first-order chi connectivity index (χ1) is 12.5. The van der Waals surface area contributed by atoms with Gasteiger partial charge in [0.1, 0.15) is 18.7 Å². The Kier molecular flexibility index (Phi) is 6.71. The summed E-state index contributed by atoms with van der Waals surface area (Å²) in [6.45, 7) is 0.680. The number of halogens is 1. The van der Waals surface area contributed by atoms with Crippen LogP contribution in [0.5, 0.6) is 0 Å². The quantitative estimate of drug-likeness (QED) is 0.555. The molecule has 1 unspecified atom stereocenters. The number of ketones is 1. The molecule has 2 rings (SSSR count). The van der Waals surface area contributed by atoms with Crippen LogP contribution in [0.4, 0.5) is 4.39 Å². The van der Waals surface area contributed by atoms with Gasteiger partial charge >= 0.3 is 0 Å². The van der Waals surface area contributed by atoms with Gasteiger partial charge in [-0.05, 0) is 12.5 Å². The molecule has 1 N–H and O–H groups in total. The first-order valence-electron chi connectivity index (χ1n) is 8.10. The lowest BCUT2D eigenvalue weighted by Crippen LogP contribution is -2.46. The van der Waals surface area contributed by atoms with Crippen LogP contribution in [0, 0.1) is 6.92 Å². The van der Waals surface area contributed by atoms with Gasteiger partial charge in [0.15, 0.2) is 5.78 Å². The summed E-state index contributed by atoms with van der Waals surface area (Å²) in [6, 6.07) is 6.42. The van der Waals surface area contributed by atoms with Crippen LogP contribution in [0.3, 0.4) is 0 Å². The molecule has 138 valence electrons. The van der Waals surface area contributed by atoms with Crippen LogP contribution in [0.2, 0.25) is 0 Å². The van der Waals surface area contributed by atoms with Crippen LogP contribution >= 0.6 is 0 Å².